The first-order valence-corrected chi connectivity index (χ1v) is 14.2. The van der Waals surface area contributed by atoms with Gasteiger partial charge in [-0.2, -0.15) is 0 Å². The molecule has 1 heterocycles. The van der Waals surface area contributed by atoms with Crippen molar-refractivity contribution in [3.8, 4) is 0 Å². The molecule has 0 radical (unpaired) electrons. The van der Waals surface area contributed by atoms with Gasteiger partial charge in [-0.1, -0.05) is 0 Å². The van der Waals surface area contributed by atoms with Crippen molar-refractivity contribution < 1.29 is 55.9 Å². The van der Waals surface area contributed by atoms with Gasteiger partial charge < -0.3 is 24.2 Å². The number of halogens is 4. The second-order valence-electron chi connectivity index (χ2n) is 10.2. The van der Waals surface area contributed by atoms with E-state index in [2.05, 4.69) is 10.2 Å². The van der Waals surface area contributed by atoms with Gasteiger partial charge >= 0.3 is 25.3 Å². The molecule has 242 valence electrons. The highest BCUT2D eigenvalue weighted by Gasteiger charge is 2.63. The van der Waals surface area contributed by atoms with Crippen LogP contribution in [0.4, 0.5) is 17.6 Å². The molecule has 0 saturated carbocycles. The zero-order valence-electron chi connectivity index (χ0n) is 24.0. The number of H-pyrrole nitrogens is 1. The number of nitrogens with one attached hydrogen (secondary N) is 3. The summed E-state index contributed by atoms with van der Waals surface area (Å²) >= 11 is 0. The number of aliphatic hydroxyl groups is 2. The van der Waals surface area contributed by atoms with Crippen molar-refractivity contribution in [3.05, 3.63) is 33.1 Å². The number of esters is 2. The minimum atomic E-state index is -4.97. The van der Waals surface area contributed by atoms with Gasteiger partial charge in [-0.05, 0) is 48.5 Å². The van der Waals surface area contributed by atoms with E-state index in [0.29, 0.717) is 12.3 Å². The Morgan fingerprint density at radius 1 is 1.00 bits per heavy atom. The van der Waals surface area contributed by atoms with E-state index in [1.807, 2.05) is 0 Å². The summed E-state index contributed by atoms with van der Waals surface area (Å²) in [5.74, 6) is -6.94. The molecule has 19 heteroatoms. The SMILES string of the molecule is CC(C)OC(=O)[C@H](C)NP(=O)(N[C@@H](C)C(=O)OC(C)C)OCC(C)(C(F)F)C(F)(F)[C@@H](O)[C@@H](O)n1ccc(=O)[nH]c1=O. The van der Waals surface area contributed by atoms with Crippen molar-refractivity contribution in [3.63, 3.8) is 0 Å². The summed E-state index contributed by atoms with van der Waals surface area (Å²) in [6, 6.07) is -2.30. The highest BCUT2D eigenvalue weighted by molar-refractivity contribution is 7.54. The van der Waals surface area contributed by atoms with Crippen LogP contribution in [-0.2, 0) is 28.2 Å². The molecule has 1 rings (SSSR count). The highest BCUT2D eigenvalue weighted by atomic mass is 31.2. The summed E-state index contributed by atoms with van der Waals surface area (Å²) in [5.41, 5.74) is -6.10. The maximum atomic E-state index is 15.5. The Hall–Kier alpha value is -2.63. The van der Waals surface area contributed by atoms with Crippen LogP contribution in [0.2, 0.25) is 0 Å². The molecule has 0 fully saturated rings. The Morgan fingerprint density at radius 3 is 1.83 bits per heavy atom. The number of nitrogens with zero attached hydrogens (tertiary/aromatic N) is 1. The first-order valence-electron chi connectivity index (χ1n) is 12.6. The lowest BCUT2D eigenvalue weighted by molar-refractivity contribution is -0.263. The molecule has 0 aliphatic heterocycles. The van der Waals surface area contributed by atoms with Gasteiger partial charge in [0.2, 0.25) is 0 Å². The van der Waals surface area contributed by atoms with Crippen LogP contribution in [0.15, 0.2) is 21.9 Å². The molecule has 0 spiro atoms. The molecule has 5 atom stereocenters. The fourth-order valence-corrected chi connectivity index (χ4v) is 5.14. The lowest BCUT2D eigenvalue weighted by Crippen LogP contribution is -2.58. The summed E-state index contributed by atoms with van der Waals surface area (Å²) in [7, 11) is -4.86. The predicted molar refractivity (Wildman–Crippen MR) is 139 cm³/mol. The number of carbonyl (C=O) groups is 2. The summed E-state index contributed by atoms with van der Waals surface area (Å²) < 4.78 is 88.1. The van der Waals surface area contributed by atoms with Crippen LogP contribution < -0.4 is 21.4 Å². The van der Waals surface area contributed by atoms with E-state index >= 15 is 8.78 Å². The molecular weight excluding hydrogens is 599 g/mol. The molecule has 0 aliphatic rings. The highest BCUT2D eigenvalue weighted by Crippen LogP contribution is 2.50. The first-order chi connectivity index (χ1) is 19.1. The second kappa shape index (κ2) is 14.7. The average molecular weight is 637 g/mol. The van der Waals surface area contributed by atoms with E-state index in [4.69, 9.17) is 14.0 Å². The second-order valence-corrected chi connectivity index (χ2v) is 12.1. The molecule has 14 nitrogen and oxygen atoms in total. The van der Waals surface area contributed by atoms with Crippen LogP contribution in [0.5, 0.6) is 0 Å². The molecule has 5 N–H and O–H groups in total. The van der Waals surface area contributed by atoms with Crippen molar-refractivity contribution in [2.45, 2.75) is 97.4 Å². The monoisotopic (exact) mass is 636 g/mol. The van der Waals surface area contributed by atoms with Crippen molar-refractivity contribution in [2.75, 3.05) is 6.61 Å². The van der Waals surface area contributed by atoms with E-state index in [1.54, 1.807) is 4.98 Å². The van der Waals surface area contributed by atoms with Gasteiger partial charge in [0.25, 0.3) is 17.9 Å². The van der Waals surface area contributed by atoms with Gasteiger partial charge in [-0.15, -0.1) is 0 Å². The van der Waals surface area contributed by atoms with Crippen molar-refractivity contribution in [1.29, 1.82) is 0 Å². The van der Waals surface area contributed by atoms with E-state index in [1.165, 1.54) is 27.7 Å². The Kier molecular flexibility index (Phi) is 13.1. The Morgan fingerprint density at radius 2 is 1.45 bits per heavy atom. The van der Waals surface area contributed by atoms with Crippen LogP contribution in [0.1, 0.15) is 54.7 Å². The van der Waals surface area contributed by atoms with E-state index in [0.717, 1.165) is 13.8 Å². The number of hydrogen-bond donors (Lipinski definition) is 5. The summed E-state index contributed by atoms with van der Waals surface area (Å²) in [6.45, 7) is 6.74. The van der Waals surface area contributed by atoms with Crippen LogP contribution in [0.25, 0.3) is 0 Å². The number of alkyl halides is 4. The maximum Gasteiger partial charge on any atom is 0.342 e. The number of aliphatic hydroxyl groups excluding tert-OH is 2. The van der Waals surface area contributed by atoms with Gasteiger partial charge in [0.1, 0.15) is 17.5 Å². The molecule has 0 aromatic carbocycles. The number of aromatic amines is 1. The number of ether oxygens (including phenoxy) is 2. The summed E-state index contributed by atoms with van der Waals surface area (Å²) in [4.78, 5) is 49.3. The standard InChI is InChI=1S/C23H37F4N4O10P/c1-11(2)40-18(35)13(5)29-42(38,30-14(6)19(36)41-12(3)4)39-10-22(7,20(24)25)23(26,27)16(33)17(34)31-9-8-15(32)28-21(31)37/h8-9,11-14,16-17,20,33-34H,10H2,1-7H3,(H,28,32,37)(H2,29,30,38)/t13-,14-,16-,17+,22?/m0/s1. The fraction of sp³-hybridized carbons (Fsp3) is 0.739. The van der Waals surface area contributed by atoms with Crippen LogP contribution in [0, 0.1) is 5.41 Å². The number of carbonyl (C=O) groups excluding carboxylic acids is 2. The molecule has 0 aliphatic carbocycles. The molecular formula is C23H37F4N4O10P. The smallest absolute Gasteiger partial charge is 0.342 e. The van der Waals surface area contributed by atoms with Gasteiger partial charge in [0, 0.05) is 12.3 Å². The van der Waals surface area contributed by atoms with E-state index < -0.39 is 91.9 Å². The molecule has 0 saturated heterocycles. The minimum Gasteiger partial charge on any atom is -0.462 e. The lowest BCUT2D eigenvalue weighted by atomic mass is 9.81. The largest absolute Gasteiger partial charge is 0.462 e. The first kappa shape index (κ1) is 37.4. The zero-order chi connectivity index (χ0) is 32.8. The third-order valence-corrected chi connectivity index (χ3v) is 7.66. The average Bonchev–Trinajstić information content (AvgIpc) is 2.85. The van der Waals surface area contributed by atoms with Crippen molar-refractivity contribution in [2.24, 2.45) is 5.41 Å². The van der Waals surface area contributed by atoms with E-state index in [9.17, 15) is 42.7 Å². The van der Waals surface area contributed by atoms with Crippen LogP contribution in [-0.4, -0.2) is 81.1 Å². The fourth-order valence-electron chi connectivity index (χ4n) is 3.24. The summed E-state index contributed by atoms with van der Waals surface area (Å²) in [5, 5.41) is 24.8. The van der Waals surface area contributed by atoms with Crippen LogP contribution in [0.3, 0.4) is 0 Å². The topological polar surface area (TPSA) is 198 Å². The molecule has 1 aromatic heterocycles. The summed E-state index contributed by atoms with van der Waals surface area (Å²) in [6.07, 6.45) is -10.9. The molecule has 0 bridgehead atoms. The van der Waals surface area contributed by atoms with Crippen molar-refractivity contribution >= 4 is 19.6 Å². The maximum absolute atomic E-state index is 15.5. The molecule has 42 heavy (non-hydrogen) atoms. The number of aromatic nitrogens is 2. The Balaban J connectivity index is 3.41. The van der Waals surface area contributed by atoms with Gasteiger partial charge in [-0.25, -0.2) is 32.5 Å². The third kappa shape index (κ3) is 9.44. The number of hydrogen-bond acceptors (Lipinski definition) is 10. The normalized spacial score (nSPS) is 17.0. The van der Waals surface area contributed by atoms with E-state index in [-0.39, 0.29) is 11.5 Å². The Labute approximate surface area is 238 Å². The predicted octanol–water partition coefficient (Wildman–Crippen LogP) is 1.28. The van der Waals surface area contributed by atoms with Gasteiger partial charge in [0.15, 0.2) is 12.3 Å². The lowest BCUT2D eigenvalue weighted by Gasteiger charge is -2.41. The quantitative estimate of drug-likeness (QED) is 0.0991. The zero-order valence-corrected chi connectivity index (χ0v) is 24.9. The number of rotatable bonds is 16. The Bertz CT molecular complexity index is 1210. The molecule has 0 amide bonds. The molecule has 1 unspecified atom stereocenters. The molecule has 1 aromatic rings. The van der Waals surface area contributed by atoms with Crippen LogP contribution >= 0.6 is 7.67 Å². The van der Waals surface area contributed by atoms with Gasteiger partial charge in [-0.3, -0.25) is 28.5 Å². The van der Waals surface area contributed by atoms with Crippen molar-refractivity contribution in [1.82, 2.24) is 19.7 Å². The van der Waals surface area contributed by atoms with Gasteiger partial charge in [0.05, 0.1) is 18.8 Å². The third-order valence-electron chi connectivity index (χ3n) is 5.72. The minimum absolute atomic E-state index is 0.0742.